The van der Waals surface area contributed by atoms with Crippen molar-refractivity contribution >= 4 is 22.1 Å². The van der Waals surface area contributed by atoms with E-state index in [-0.39, 0.29) is 10.6 Å². The second-order valence-electron chi connectivity index (χ2n) is 7.38. The van der Waals surface area contributed by atoms with E-state index in [2.05, 4.69) is 10.5 Å². The van der Waals surface area contributed by atoms with Crippen molar-refractivity contribution in [2.45, 2.75) is 11.5 Å². The molecule has 0 saturated carbocycles. The molecule has 0 heterocycles. The number of para-hydroxylation sites is 1. The van der Waals surface area contributed by atoms with Gasteiger partial charge in [-0.15, -0.1) is 0 Å². The number of ether oxygens (including phenoxy) is 3. The lowest BCUT2D eigenvalue weighted by atomic mass is 10.2. The van der Waals surface area contributed by atoms with Crippen molar-refractivity contribution in [1.29, 1.82) is 0 Å². The minimum atomic E-state index is -4.03. The summed E-state index contributed by atoms with van der Waals surface area (Å²) in [5.74, 6) is 0.471. The van der Waals surface area contributed by atoms with Gasteiger partial charge in [0.2, 0.25) is 10.0 Å². The maximum absolute atomic E-state index is 13.0. The van der Waals surface area contributed by atoms with Crippen molar-refractivity contribution in [3.05, 3.63) is 83.9 Å². The van der Waals surface area contributed by atoms with Crippen LogP contribution in [0.3, 0.4) is 0 Å². The van der Waals surface area contributed by atoms with Crippen molar-refractivity contribution in [3.63, 3.8) is 0 Å². The van der Waals surface area contributed by atoms with E-state index in [4.69, 9.17) is 14.2 Å². The van der Waals surface area contributed by atoms with Crippen molar-refractivity contribution in [2.75, 3.05) is 27.8 Å². The third kappa shape index (κ3) is 6.81. The maximum Gasteiger partial charge on any atom is 0.255 e. The van der Waals surface area contributed by atoms with E-state index in [1.807, 2.05) is 42.5 Å². The normalized spacial score (nSPS) is 11.4. The number of hydrogen-bond acceptors (Lipinski definition) is 7. The van der Waals surface area contributed by atoms with Crippen LogP contribution in [0.15, 0.2) is 82.8 Å². The van der Waals surface area contributed by atoms with Crippen molar-refractivity contribution in [1.82, 2.24) is 9.73 Å². The summed E-state index contributed by atoms with van der Waals surface area (Å²) < 4.78 is 43.0. The number of nitrogens with zero attached hydrogens (tertiary/aromatic N) is 2. The molecule has 0 aromatic heterocycles. The third-order valence-electron chi connectivity index (χ3n) is 4.97. The molecule has 3 aromatic rings. The van der Waals surface area contributed by atoms with Crippen molar-refractivity contribution < 1.29 is 27.4 Å². The fraction of sp³-hybridized carbons (Fsp3) is 0.200. The van der Waals surface area contributed by atoms with Gasteiger partial charge in [0.15, 0.2) is 0 Å². The number of likely N-dealkylation sites (N-methyl/N-ethyl adjacent to an activating group) is 1. The fourth-order valence-electron chi connectivity index (χ4n) is 3.10. The summed E-state index contributed by atoms with van der Waals surface area (Å²) in [7, 11) is 0.0580. The molecule has 3 aromatic carbocycles. The molecule has 0 aliphatic rings. The van der Waals surface area contributed by atoms with Crippen LogP contribution < -0.4 is 19.6 Å². The molecule has 0 radical (unpaired) electrons. The van der Waals surface area contributed by atoms with Gasteiger partial charge in [-0.1, -0.05) is 42.5 Å². The van der Waals surface area contributed by atoms with Gasteiger partial charge >= 0.3 is 0 Å². The Balaban J connectivity index is 1.63. The van der Waals surface area contributed by atoms with E-state index in [1.54, 1.807) is 18.2 Å². The summed E-state index contributed by atoms with van der Waals surface area (Å²) in [5.41, 5.74) is 4.03. The van der Waals surface area contributed by atoms with Gasteiger partial charge in [-0.3, -0.25) is 4.79 Å². The number of amides is 1. The molecule has 184 valence electrons. The summed E-state index contributed by atoms with van der Waals surface area (Å²) in [4.78, 5) is 12.3. The van der Waals surface area contributed by atoms with Crippen LogP contribution in [-0.2, 0) is 21.4 Å². The van der Waals surface area contributed by atoms with Crippen LogP contribution in [0.5, 0.6) is 17.2 Å². The molecule has 0 aliphatic carbocycles. The molecule has 9 nitrogen and oxygen atoms in total. The zero-order valence-electron chi connectivity index (χ0n) is 19.7. The lowest BCUT2D eigenvalue weighted by Crippen LogP contribution is -2.36. The van der Waals surface area contributed by atoms with Crippen LogP contribution in [0, 0.1) is 0 Å². The van der Waals surface area contributed by atoms with Crippen LogP contribution in [0.1, 0.15) is 11.1 Å². The Hall–Kier alpha value is -3.89. The lowest BCUT2D eigenvalue weighted by Gasteiger charge is -2.18. The Morgan fingerprint density at radius 3 is 2.40 bits per heavy atom. The highest BCUT2D eigenvalue weighted by Gasteiger charge is 2.27. The zero-order valence-corrected chi connectivity index (χ0v) is 20.5. The highest BCUT2D eigenvalue weighted by molar-refractivity contribution is 7.89. The molecular formula is C25H27N3O6S. The first-order chi connectivity index (χ1) is 16.8. The molecule has 1 amide bonds. The Morgan fingerprint density at radius 1 is 0.971 bits per heavy atom. The van der Waals surface area contributed by atoms with E-state index >= 15 is 0 Å². The van der Waals surface area contributed by atoms with Crippen LogP contribution >= 0.6 is 0 Å². The summed E-state index contributed by atoms with van der Waals surface area (Å²) in [5, 5.41) is 3.96. The average molecular weight is 498 g/mol. The first kappa shape index (κ1) is 25.7. The number of benzene rings is 3. The quantitative estimate of drug-likeness (QED) is 0.322. The van der Waals surface area contributed by atoms with Gasteiger partial charge in [-0.05, 0) is 29.8 Å². The smallest absolute Gasteiger partial charge is 0.255 e. The Morgan fingerprint density at radius 2 is 1.69 bits per heavy atom. The Labute approximate surface area is 205 Å². The van der Waals surface area contributed by atoms with E-state index in [0.717, 1.165) is 9.87 Å². The first-order valence-electron chi connectivity index (χ1n) is 10.6. The lowest BCUT2D eigenvalue weighted by molar-refractivity contribution is -0.121. The molecule has 0 fully saturated rings. The monoisotopic (exact) mass is 497 g/mol. The highest BCUT2D eigenvalue weighted by atomic mass is 32.2. The first-order valence-corrected chi connectivity index (χ1v) is 12.0. The number of methoxy groups -OCH3 is 2. The predicted octanol–water partition coefficient (Wildman–Crippen LogP) is 3.05. The maximum atomic E-state index is 13.0. The summed E-state index contributed by atoms with van der Waals surface area (Å²) in [6, 6.07) is 21.4. The molecule has 0 atom stereocenters. The SMILES string of the molecule is COc1ccc(OC)c(S(=O)(=O)N(C)CC(=O)N/N=C\c2ccccc2OCc2ccccc2)c1. The van der Waals surface area contributed by atoms with Gasteiger partial charge in [0, 0.05) is 18.7 Å². The minimum absolute atomic E-state index is 0.109. The molecule has 3 rings (SSSR count). The second kappa shape index (κ2) is 12.0. The number of sulfonamides is 1. The molecule has 0 saturated heterocycles. The number of carbonyl (C=O) groups is 1. The number of nitrogens with one attached hydrogen (secondary N) is 1. The van der Waals surface area contributed by atoms with Gasteiger partial charge in [-0.2, -0.15) is 9.41 Å². The van der Waals surface area contributed by atoms with E-state index < -0.39 is 22.5 Å². The number of carbonyl (C=O) groups excluding carboxylic acids is 1. The van der Waals surface area contributed by atoms with Gasteiger partial charge in [0.1, 0.15) is 28.8 Å². The van der Waals surface area contributed by atoms with Crippen LogP contribution in [0.2, 0.25) is 0 Å². The second-order valence-corrected chi connectivity index (χ2v) is 9.40. The molecule has 35 heavy (non-hydrogen) atoms. The molecular weight excluding hydrogens is 470 g/mol. The average Bonchev–Trinajstić information content (AvgIpc) is 2.88. The molecule has 0 bridgehead atoms. The predicted molar refractivity (Wildman–Crippen MR) is 132 cm³/mol. The Kier molecular flexibility index (Phi) is 8.82. The van der Waals surface area contributed by atoms with E-state index in [1.165, 1.54) is 39.6 Å². The van der Waals surface area contributed by atoms with Crippen LogP contribution in [-0.4, -0.2) is 52.7 Å². The summed E-state index contributed by atoms with van der Waals surface area (Å²) >= 11 is 0. The molecule has 0 aliphatic heterocycles. The summed E-state index contributed by atoms with van der Waals surface area (Å²) in [6.07, 6.45) is 1.44. The largest absolute Gasteiger partial charge is 0.497 e. The van der Waals surface area contributed by atoms with Crippen LogP contribution in [0.4, 0.5) is 0 Å². The Bertz CT molecular complexity index is 1280. The molecule has 0 unspecified atom stereocenters. The summed E-state index contributed by atoms with van der Waals surface area (Å²) in [6.45, 7) is -0.0688. The minimum Gasteiger partial charge on any atom is -0.497 e. The number of hydrogen-bond donors (Lipinski definition) is 1. The standard InChI is InChI=1S/C25H27N3O6S/c1-28(35(30,31)24-15-21(32-2)13-14-23(24)33-3)17-25(29)27-26-16-20-11-7-8-12-22(20)34-18-19-9-5-4-6-10-19/h4-16H,17-18H2,1-3H3,(H,27,29)/b26-16-. The topological polar surface area (TPSA) is 107 Å². The fourth-order valence-corrected chi connectivity index (χ4v) is 4.40. The zero-order chi connectivity index (χ0) is 25.3. The molecule has 1 N–H and O–H groups in total. The van der Waals surface area contributed by atoms with E-state index in [9.17, 15) is 13.2 Å². The van der Waals surface area contributed by atoms with Crippen LogP contribution in [0.25, 0.3) is 0 Å². The van der Waals surface area contributed by atoms with Crippen molar-refractivity contribution in [3.8, 4) is 17.2 Å². The third-order valence-corrected chi connectivity index (χ3v) is 6.80. The highest BCUT2D eigenvalue weighted by Crippen LogP contribution is 2.30. The molecule has 10 heteroatoms. The van der Waals surface area contributed by atoms with Crippen molar-refractivity contribution in [2.24, 2.45) is 5.10 Å². The van der Waals surface area contributed by atoms with Gasteiger partial charge in [0.05, 0.1) is 27.0 Å². The van der Waals surface area contributed by atoms with Gasteiger partial charge in [0.25, 0.3) is 5.91 Å². The molecule has 0 spiro atoms. The number of hydrazone groups is 1. The number of rotatable bonds is 11. The van der Waals surface area contributed by atoms with E-state index in [0.29, 0.717) is 23.7 Å². The van der Waals surface area contributed by atoms with Gasteiger partial charge < -0.3 is 14.2 Å². The van der Waals surface area contributed by atoms with Gasteiger partial charge in [-0.25, -0.2) is 13.8 Å².